The van der Waals surface area contributed by atoms with Crippen molar-refractivity contribution in [1.29, 1.82) is 5.41 Å². The number of aliphatic carboxylic acids is 1. The first-order valence-electron chi connectivity index (χ1n) is 9.58. The van der Waals surface area contributed by atoms with Crippen molar-refractivity contribution in [2.45, 2.75) is 18.9 Å². The standard InChI is InChI=1S/C22H25N3O6/c1-25(18(20(27)28)14-16-8-4-2-5-9-16)21(23)24-22(29)31-13-12-30-19(26)15-17-10-6-3-7-11-17/h2-11,18H,12-15H2,1H3,(H,27,28)(H2,23,24,29). The lowest BCUT2D eigenvalue weighted by atomic mass is 10.1. The highest BCUT2D eigenvalue weighted by atomic mass is 16.6. The number of carbonyl (C=O) groups excluding carboxylic acids is 2. The van der Waals surface area contributed by atoms with Crippen LogP contribution in [-0.2, 0) is 31.9 Å². The van der Waals surface area contributed by atoms with Crippen LogP contribution in [0.5, 0.6) is 0 Å². The second kappa shape index (κ2) is 12.0. The maximum atomic E-state index is 11.9. The van der Waals surface area contributed by atoms with Gasteiger partial charge in [-0.2, -0.15) is 0 Å². The summed E-state index contributed by atoms with van der Waals surface area (Å²) in [6.07, 6.45) is -0.677. The molecule has 0 radical (unpaired) electrons. The van der Waals surface area contributed by atoms with Crippen molar-refractivity contribution in [3.8, 4) is 0 Å². The molecule has 1 unspecified atom stereocenters. The summed E-state index contributed by atoms with van der Waals surface area (Å²) in [6, 6.07) is 17.0. The van der Waals surface area contributed by atoms with Gasteiger partial charge in [0, 0.05) is 13.5 Å². The average molecular weight is 427 g/mol. The summed E-state index contributed by atoms with van der Waals surface area (Å²) in [5.74, 6) is -2.00. The highest BCUT2D eigenvalue weighted by Gasteiger charge is 2.26. The molecule has 0 aliphatic rings. The lowest BCUT2D eigenvalue weighted by molar-refractivity contribution is -0.144. The van der Waals surface area contributed by atoms with E-state index in [-0.39, 0.29) is 26.1 Å². The first kappa shape index (κ1) is 23.4. The van der Waals surface area contributed by atoms with Gasteiger partial charge in [-0.1, -0.05) is 60.7 Å². The Morgan fingerprint density at radius 1 is 0.968 bits per heavy atom. The molecule has 0 aliphatic heterocycles. The number of nitrogens with one attached hydrogen (secondary N) is 2. The van der Waals surface area contributed by atoms with Gasteiger partial charge >= 0.3 is 18.0 Å². The Morgan fingerprint density at radius 2 is 1.52 bits per heavy atom. The van der Waals surface area contributed by atoms with Gasteiger partial charge in [0.15, 0.2) is 0 Å². The minimum atomic E-state index is -1.13. The number of esters is 1. The van der Waals surface area contributed by atoms with Crippen molar-refractivity contribution < 1.29 is 29.0 Å². The third-order valence-corrected chi connectivity index (χ3v) is 4.37. The van der Waals surface area contributed by atoms with Gasteiger partial charge in [-0.05, 0) is 11.1 Å². The van der Waals surface area contributed by atoms with Crippen LogP contribution in [0.25, 0.3) is 0 Å². The molecule has 3 N–H and O–H groups in total. The number of alkyl carbamates (subject to hydrolysis) is 1. The van der Waals surface area contributed by atoms with Crippen LogP contribution in [-0.4, -0.2) is 60.3 Å². The number of benzene rings is 2. The largest absolute Gasteiger partial charge is 0.480 e. The van der Waals surface area contributed by atoms with Crippen molar-refractivity contribution in [2.75, 3.05) is 20.3 Å². The SMILES string of the molecule is CN(C(=N)NC(=O)OCCOC(=O)Cc1ccccc1)C(Cc1ccccc1)C(=O)O. The molecule has 1 atom stereocenters. The minimum Gasteiger partial charge on any atom is -0.480 e. The Morgan fingerprint density at radius 3 is 2.10 bits per heavy atom. The molecule has 9 nitrogen and oxygen atoms in total. The van der Waals surface area contributed by atoms with Gasteiger partial charge in [0.2, 0.25) is 5.96 Å². The summed E-state index contributed by atoms with van der Waals surface area (Å²) >= 11 is 0. The summed E-state index contributed by atoms with van der Waals surface area (Å²) in [4.78, 5) is 36.3. The average Bonchev–Trinajstić information content (AvgIpc) is 2.75. The van der Waals surface area contributed by atoms with E-state index in [2.05, 4.69) is 5.32 Å². The fourth-order valence-corrected chi connectivity index (χ4v) is 2.71. The molecule has 9 heteroatoms. The number of carboxylic acid groups (broad SMARTS) is 1. The van der Waals surface area contributed by atoms with Gasteiger partial charge in [0.05, 0.1) is 6.42 Å². The van der Waals surface area contributed by atoms with E-state index < -0.39 is 30.0 Å². The second-order valence-electron chi connectivity index (χ2n) is 6.65. The highest BCUT2D eigenvalue weighted by molar-refractivity contribution is 5.94. The number of hydrogen-bond donors (Lipinski definition) is 3. The maximum absolute atomic E-state index is 11.9. The highest BCUT2D eigenvalue weighted by Crippen LogP contribution is 2.08. The number of hydrogen-bond acceptors (Lipinski definition) is 6. The Kier molecular flexibility index (Phi) is 9.03. The molecule has 2 aromatic carbocycles. The number of amides is 1. The van der Waals surface area contributed by atoms with Gasteiger partial charge < -0.3 is 19.5 Å². The number of nitrogens with zero attached hydrogens (tertiary/aromatic N) is 1. The summed E-state index contributed by atoms with van der Waals surface area (Å²) < 4.78 is 9.88. The summed E-state index contributed by atoms with van der Waals surface area (Å²) in [7, 11) is 1.40. The van der Waals surface area contributed by atoms with E-state index in [1.54, 1.807) is 36.4 Å². The predicted molar refractivity (Wildman–Crippen MR) is 113 cm³/mol. The monoisotopic (exact) mass is 427 g/mol. The smallest absolute Gasteiger partial charge is 0.414 e. The molecule has 2 rings (SSSR count). The number of rotatable bonds is 9. The van der Waals surface area contributed by atoms with E-state index in [4.69, 9.17) is 14.9 Å². The van der Waals surface area contributed by atoms with Crippen LogP contribution in [0.15, 0.2) is 60.7 Å². The maximum Gasteiger partial charge on any atom is 0.414 e. The fraction of sp³-hybridized carbons (Fsp3) is 0.273. The molecule has 0 fully saturated rings. The van der Waals surface area contributed by atoms with Gasteiger partial charge in [0.1, 0.15) is 19.3 Å². The number of carboxylic acids is 1. The first-order chi connectivity index (χ1) is 14.9. The second-order valence-corrected chi connectivity index (χ2v) is 6.65. The summed E-state index contributed by atoms with van der Waals surface area (Å²) in [6.45, 7) is -0.330. The van der Waals surface area contributed by atoms with Crippen LogP contribution in [0.1, 0.15) is 11.1 Å². The van der Waals surface area contributed by atoms with Gasteiger partial charge in [-0.15, -0.1) is 0 Å². The molecular weight excluding hydrogens is 402 g/mol. The molecule has 1 amide bonds. The van der Waals surface area contributed by atoms with E-state index >= 15 is 0 Å². The molecule has 0 spiro atoms. The number of likely N-dealkylation sites (N-methyl/N-ethyl adjacent to an activating group) is 1. The summed E-state index contributed by atoms with van der Waals surface area (Å²) in [5.41, 5.74) is 1.60. The van der Waals surface area contributed by atoms with E-state index in [0.717, 1.165) is 16.0 Å². The molecule has 164 valence electrons. The number of ether oxygens (including phenoxy) is 2. The van der Waals surface area contributed by atoms with Crippen LogP contribution in [0.3, 0.4) is 0 Å². The number of guanidine groups is 1. The van der Waals surface area contributed by atoms with Gasteiger partial charge in [0.25, 0.3) is 0 Å². The van der Waals surface area contributed by atoms with Gasteiger partial charge in [-0.25, -0.2) is 9.59 Å². The predicted octanol–water partition coefficient (Wildman–Crippen LogP) is 2.06. The Bertz CT molecular complexity index is 889. The van der Waals surface area contributed by atoms with E-state index in [0.29, 0.717) is 0 Å². The Hall–Kier alpha value is -3.88. The van der Waals surface area contributed by atoms with Crippen LogP contribution >= 0.6 is 0 Å². The van der Waals surface area contributed by atoms with Crippen molar-refractivity contribution in [3.05, 3.63) is 71.8 Å². The lowest BCUT2D eigenvalue weighted by Gasteiger charge is -2.26. The molecule has 2 aromatic rings. The zero-order valence-electron chi connectivity index (χ0n) is 17.1. The zero-order valence-corrected chi connectivity index (χ0v) is 17.1. The molecule has 0 saturated heterocycles. The van der Waals surface area contributed by atoms with Crippen molar-refractivity contribution in [3.63, 3.8) is 0 Å². The van der Waals surface area contributed by atoms with Crippen molar-refractivity contribution >= 4 is 24.0 Å². The minimum absolute atomic E-state index is 0.112. The van der Waals surface area contributed by atoms with E-state index in [1.165, 1.54) is 7.05 Å². The van der Waals surface area contributed by atoms with Crippen molar-refractivity contribution in [2.24, 2.45) is 0 Å². The first-order valence-corrected chi connectivity index (χ1v) is 9.58. The number of carbonyl (C=O) groups is 3. The fourth-order valence-electron chi connectivity index (χ4n) is 2.71. The van der Waals surface area contributed by atoms with Crippen LogP contribution in [0, 0.1) is 5.41 Å². The van der Waals surface area contributed by atoms with Crippen LogP contribution in [0.2, 0.25) is 0 Å². The van der Waals surface area contributed by atoms with E-state index in [1.807, 2.05) is 24.3 Å². The van der Waals surface area contributed by atoms with E-state index in [9.17, 15) is 19.5 Å². The van der Waals surface area contributed by atoms with Crippen molar-refractivity contribution in [1.82, 2.24) is 10.2 Å². The third kappa shape index (κ3) is 8.17. The summed E-state index contributed by atoms with van der Waals surface area (Å²) in [5, 5.41) is 19.6. The molecule has 0 bridgehead atoms. The zero-order chi connectivity index (χ0) is 22.6. The van der Waals surface area contributed by atoms with Crippen LogP contribution < -0.4 is 5.32 Å². The molecular formula is C22H25N3O6. The Labute approximate surface area is 180 Å². The molecule has 0 saturated carbocycles. The quantitative estimate of drug-likeness (QED) is 0.242. The molecule has 0 aromatic heterocycles. The Balaban J connectivity index is 1.73. The molecule has 0 heterocycles. The topological polar surface area (TPSA) is 129 Å². The normalized spacial score (nSPS) is 11.1. The molecule has 31 heavy (non-hydrogen) atoms. The lowest BCUT2D eigenvalue weighted by Crippen LogP contribution is -2.50. The third-order valence-electron chi connectivity index (χ3n) is 4.37. The van der Waals surface area contributed by atoms with Crippen LogP contribution in [0.4, 0.5) is 4.79 Å². The molecule has 0 aliphatic carbocycles. The van der Waals surface area contributed by atoms with Gasteiger partial charge in [-0.3, -0.25) is 15.5 Å².